The summed E-state index contributed by atoms with van der Waals surface area (Å²) in [6.07, 6.45) is 1.49. The Morgan fingerprint density at radius 3 is 2.13 bits per heavy atom. The molecule has 1 heterocycles. The van der Waals surface area contributed by atoms with Crippen molar-refractivity contribution in [2.24, 2.45) is 5.10 Å². The van der Waals surface area contributed by atoms with Gasteiger partial charge in [0.25, 0.3) is 5.91 Å². The normalized spacial score (nSPS) is 10.8. The van der Waals surface area contributed by atoms with Crippen molar-refractivity contribution in [3.63, 3.8) is 0 Å². The third-order valence-electron chi connectivity index (χ3n) is 5.38. The number of ether oxygens (including phenoxy) is 3. The standard InChI is InChI=1S/C27H25N5O5S/c1-35-22-12-8-19(9-13-22)25-30-31-27(32(25)21-10-14-23(36-2)15-11-21)38-17-24(33)29-28-16-18-4-6-20(7-5-18)26(34)37-3/h4-16H,17H2,1-3H3,(H,29,33). The number of nitrogens with zero attached hydrogens (tertiary/aromatic N) is 4. The van der Waals surface area contributed by atoms with Crippen LogP contribution in [0.2, 0.25) is 0 Å². The van der Waals surface area contributed by atoms with Gasteiger partial charge >= 0.3 is 5.97 Å². The number of hydrogen-bond acceptors (Lipinski definition) is 9. The Morgan fingerprint density at radius 1 is 0.895 bits per heavy atom. The van der Waals surface area contributed by atoms with Gasteiger partial charge in [-0.15, -0.1) is 10.2 Å². The summed E-state index contributed by atoms with van der Waals surface area (Å²) in [5.41, 5.74) is 5.31. The number of carbonyl (C=O) groups excluding carboxylic acids is 2. The maximum absolute atomic E-state index is 12.5. The molecule has 1 N–H and O–H groups in total. The number of thioether (sulfide) groups is 1. The van der Waals surface area contributed by atoms with Crippen LogP contribution in [0.3, 0.4) is 0 Å². The second-order valence-corrected chi connectivity index (χ2v) is 8.71. The zero-order chi connectivity index (χ0) is 26.9. The molecule has 0 saturated heterocycles. The average molecular weight is 532 g/mol. The van der Waals surface area contributed by atoms with E-state index in [-0.39, 0.29) is 11.7 Å². The van der Waals surface area contributed by atoms with Crippen molar-refractivity contribution in [2.75, 3.05) is 27.1 Å². The summed E-state index contributed by atoms with van der Waals surface area (Å²) >= 11 is 1.23. The van der Waals surface area contributed by atoms with Crippen LogP contribution in [0.5, 0.6) is 11.5 Å². The third-order valence-corrected chi connectivity index (χ3v) is 6.31. The van der Waals surface area contributed by atoms with E-state index in [0.717, 1.165) is 22.7 Å². The number of hydrazone groups is 1. The molecule has 0 aliphatic heterocycles. The molecule has 1 amide bonds. The first-order chi connectivity index (χ1) is 18.5. The third kappa shape index (κ3) is 6.37. The van der Waals surface area contributed by atoms with Gasteiger partial charge in [-0.2, -0.15) is 5.10 Å². The van der Waals surface area contributed by atoms with E-state index in [1.165, 1.54) is 25.1 Å². The average Bonchev–Trinajstić information content (AvgIpc) is 3.40. The summed E-state index contributed by atoms with van der Waals surface area (Å²) in [5.74, 6) is 1.41. The minimum atomic E-state index is -0.420. The molecule has 0 aliphatic rings. The summed E-state index contributed by atoms with van der Waals surface area (Å²) in [4.78, 5) is 24.0. The number of esters is 1. The topological polar surface area (TPSA) is 117 Å². The number of aromatic nitrogens is 3. The van der Waals surface area contributed by atoms with Crippen molar-refractivity contribution in [3.8, 4) is 28.6 Å². The summed E-state index contributed by atoms with van der Waals surface area (Å²) in [6.45, 7) is 0. The zero-order valence-corrected chi connectivity index (χ0v) is 21.8. The van der Waals surface area contributed by atoms with Crippen LogP contribution in [-0.4, -0.2) is 59.9 Å². The van der Waals surface area contributed by atoms with Gasteiger partial charge in [0.05, 0.1) is 38.9 Å². The smallest absolute Gasteiger partial charge is 0.337 e. The molecule has 194 valence electrons. The lowest BCUT2D eigenvalue weighted by Crippen LogP contribution is -2.20. The summed E-state index contributed by atoms with van der Waals surface area (Å²) < 4.78 is 17.1. The second kappa shape index (κ2) is 12.5. The Kier molecular flexibility index (Phi) is 8.73. The van der Waals surface area contributed by atoms with Crippen LogP contribution in [0.25, 0.3) is 17.1 Å². The first-order valence-corrected chi connectivity index (χ1v) is 12.4. The van der Waals surface area contributed by atoms with Crippen molar-refractivity contribution in [1.29, 1.82) is 0 Å². The predicted molar refractivity (Wildman–Crippen MR) is 144 cm³/mol. The largest absolute Gasteiger partial charge is 0.497 e. The highest BCUT2D eigenvalue weighted by atomic mass is 32.2. The number of benzene rings is 3. The van der Waals surface area contributed by atoms with E-state index < -0.39 is 5.97 Å². The van der Waals surface area contributed by atoms with Gasteiger partial charge in [0.1, 0.15) is 11.5 Å². The van der Waals surface area contributed by atoms with Gasteiger partial charge < -0.3 is 14.2 Å². The maximum Gasteiger partial charge on any atom is 0.337 e. The number of rotatable bonds is 10. The number of methoxy groups -OCH3 is 3. The fourth-order valence-electron chi connectivity index (χ4n) is 3.42. The van der Waals surface area contributed by atoms with Crippen LogP contribution < -0.4 is 14.9 Å². The fourth-order valence-corrected chi connectivity index (χ4v) is 4.16. The first kappa shape index (κ1) is 26.4. The van der Waals surface area contributed by atoms with Crippen molar-refractivity contribution in [1.82, 2.24) is 20.2 Å². The second-order valence-electron chi connectivity index (χ2n) is 7.76. The van der Waals surface area contributed by atoms with Gasteiger partial charge in [-0.05, 0) is 66.2 Å². The molecular weight excluding hydrogens is 506 g/mol. The molecular formula is C27H25N5O5S. The Hall–Kier alpha value is -4.64. The molecule has 11 heteroatoms. The summed E-state index contributed by atoms with van der Waals surface area (Å²) in [6, 6.07) is 21.6. The zero-order valence-electron chi connectivity index (χ0n) is 21.0. The van der Waals surface area contributed by atoms with Crippen LogP contribution in [0.15, 0.2) is 83.1 Å². The lowest BCUT2D eigenvalue weighted by Gasteiger charge is -2.11. The molecule has 0 atom stereocenters. The van der Waals surface area contributed by atoms with Crippen molar-refractivity contribution in [2.45, 2.75) is 5.16 Å². The van der Waals surface area contributed by atoms with Gasteiger partial charge in [0.2, 0.25) is 0 Å². The van der Waals surface area contributed by atoms with Gasteiger partial charge in [-0.3, -0.25) is 9.36 Å². The molecule has 4 aromatic rings. The van der Waals surface area contributed by atoms with E-state index in [0.29, 0.717) is 22.1 Å². The van der Waals surface area contributed by atoms with Crippen LogP contribution in [0.1, 0.15) is 15.9 Å². The van der Waals surface area contributed by atoms with E-state index in [1.54, 1.807) is 38.5 Å². The highest BCUT2D eigenvalue weighted by Crippen LogP contribution is 2.29. The minimum Gasteiger partial charge on any atom is -0.497 e. The number of carbonyl (C=O) groups is 2. The molecule has 4 rings (SSSR count). The predicted octanol–water partition coefficient (Wildman–Crippen LogP) is 3.98. The highest BCUT2D eigenvalue weighted by molar-refractivity contribution is 7.99. The Labute approximate surface area is 223 Å². The molecule has 0 spiro atoms. The van der Waals surface area contributed by atoms with E-state index >= 15 is 0 Å². The van der Waals surface area contributed by atoms with E-state index in [4.69, 9.17) is 9.47 Å². The molecule has 0 aliphatic carbocycles. The maximum atomic E-state index is 12.5. The molecule has 0 radical (unpaired) electrons. The number of nitrogens with one attached hydrogen (secondary N) is 1. The molecule has 1 aromatic heterocycles. The van der Waals surface area contributed by atoms with Gasteiger partial charge in [-0.1, -0.05) is 23.9 Å². The summed E-state index contributed by atoms with van der Waals surface area (Å²) in [5, 5.41) is 13.3. The van der Waals surface area contributed by atoms with Gasteiger partial charge in [0, 0.05) is 11.3 Å². The highest BCUT2D eigenvalue weighted by Gasteiger charge is 2.17. The number of amides is 1. The molecule has 0 bridgehead atoms. The monoisotopic (exact) mass is 531 g/mol. The van der Waals surface area contributed by atoms with E-state index in [9.17, 15) is 9.59 Å². The van der Waals surface area contributed by atoms with Crippen LogP contribution in [-0.2, 0) is 9.53 Å². The van der Waals surface area contributed by atoms with Gasteiger partial charge in [0.15, 0.2) is 11.0 Å². The molecule has 0 unspecified atom stereocenters. The first-order valence-electron chi connectivity index (χ1n) is 11.4. The molecule has 38 heavy (non-hydrogen) atoms. The molecule has 10 nitrogen and oxygen atoms in total. The van der Waals surface area contributed by atoms with E-state index in [2.05, 4.69) is 25.5 Å². The Balaban J connectivity index is 1.47. The molecule has 3 aromatic carbocycles. The molecule has 0 fully saturated rings. The van der Waals surface area contributed by atoms with Crippen molar-refractivity contribution < 1.29 is 23.8 Å². The Morgan fingerprint density at radius 2 is 1.53 bits per heavy atom. The molecule has 0 saturated carbocycles. The summed E-state index contributed by atoms with van der Waals surface area (Å²) in [7, 11) is 4.54. The lowest BCUT2D eigenvalue weighted by atomic mass is 10.1. The van der Waals surface area contributed by atoms with E-state index in [1.807, 2.05) is 53.1 Å². The minimum absolute atomic E-state index is 0.0650. The number of hydrogen-bond donors (Lipinski definition) is 1. The Bertz CT molecular complexity index is 1420. The van der Waals surface area contributed by atoms with Crippen molar-refractivity contribution in [3.05, 3.63) is 83.9 Å². The quantitative estimate of drug-likeness (QED) is 0.141. The van der Waals surface area contributed by atoms with Crippen LogP contribution >= 0.6 is 11.8 Å². The lowest BCUT2D eigenvalue weighted by molar-refractivity contribution is -0.118. The SMILES string of the molecule is COC(=O)c1ccc(C=NNC(=O)CSc2nnc(-c3ccc(OC)cc3)n2-c2ccc(OC)cc2)cc1. The van der Waals surface area contributed by atoms with Crippen molar-refractivity contribution >= 4 is 29.9 Å². The fraction of sp³-hybridized carbons (Fsp3) is 0.148. The van der Waals surface area contributed by atoms with Crippen LogP contribution in [0.4, 0.5) is 0 Å². The van der Waals surface area contributed by atoms with Gasteiger partial charge in [-0.25, -0.2) is 10.2 Å². The van der Waals surface area contributed by atoms with Crippen LogP contribution in [0, 0.1) is 0 Å².